The highest BCUT2D eigenvalue weighted by Crippen LogP contribution is 2.44. The third-order valence-electron chi connectivity index (χ3n) is 4.86. The van der Waals surface area contributed by atoms with Gasteiger partial charge in [0, 0.05) is 33.4 Å². The molecular formula is C18H31N3OS. The molecule has 2 N–H and O–H groups in total. The number of ether oxygens (including phenoxy) is 1. The van der Waals surface area contributed by atoms with Gasteiger partial charge in [0.15, 0.2) is 5.96 Å². The fourth-order valence-corrected chi connectivity index (χ4v) is 3.78. The van der Waals surface area contributed by atoms with Crippen LogP contribution in [-0.4, -0.2) is 39.3 Å². The highest BCUT2D eigenvalue weighted by atomic mass is 32.1. The molecule has 1 atom stereocenters. The van der Waals surface area contributed by atoms with Crippen molar-refractivity contribution in [2.45, 2.75) is 45.4 Å². The summed E-state index contributed by atoms with van der Waals surface area (Å²) >= 11 is 1.76. The Kier molecular flexibility index (Phi) is 7.37. The summed E-state index contributed by atoms with van der Waals surface area (Å²) in [4.78, 5) is 4.86. The predicted octanol–water partition coefficient (Wildman–Crippen LogP) is 3.61. The van der Waals surface area contributed by atoms with E-state index in [2.05, 4.69) is 41.3 Å². The molecule has 1 aromatic heterocycles. The normalized spacial score (nSPS) is 18.3. The minimum absolute atomic E-state index is 0.372. The SMILES string of the molecule is CCNC(=NCC1(CCOC)CCC1)NCC(C)c1ccsc1. The maximum absolute atomic E-state index is 5.27. The molecule has 1 fully saturated rings. The summed E-state index contributed by atoms with van der Waals surface area (Å²) in [7, 11) is 1.78. The van der Waals surface area contributed by atoms with Crippen molar-refractivity contribution < 1.29 is 4.74 Å². The molecule has 5 heteroatoms. The average molecular weight is 338 g/mol. The number of aliphatic imine (C=N–C) groups is 1. The molecule has 0 saturated heterocycles. The number of rotatable bonds is 9. The first-order valence-corrected chi connectivity index (χ1v) is 9.66. The van der Waals surface area contributed by atoms with E-state index in [1.807, 2.05) is 0 Å². The van der Waals surface area contributed by atoms with Crippen LogP contribution >= 0.6 is 11.3 Å². The molecular weight excluding hydrogens is 306 g/mol. The van der Waals surface area contributed by atoms with Gasteiger partial charge in [-0.05, 0) is 59.9 Å². The van der Waals surface area contributed by atoms with E-state index in [0.29, 0.717) is 11.3 Å². The van der Waals surface area contributed by atoms with Gasteiger partial charge in [-0.2, -0.15) is 11.3 Å². The second-order valence-electron chi connectivity index (χ2n) is 6.63. The Labute approximate surface area is 144 Å². The summed E-state index contributed by atoms with van der Waals surface area (Å²) in [6.07, 6.45) is 5.02. The quantitative estimate of drug-likeness (QED) is 0.534. The van der Waals surface area contributed by atoms with E-state index in [0.717, 1.165) is 38.6 Å². The third kappa shape index (κ3) is 5.50. The fraction of sp³-hybridized carbons (Fsp3) is 0.722. The number of hydrogen-bond acceptors (Lipinski definition) is 3. The molecule has 0 amide bonds. The van der Waals surface area contributed by atoms with Crippen LogP contribution in [0, 0.1) is 5.41 Å². The molecule has 0 spiro atoms. The van der Waals surface area contributed by atoms with Crippen molar-refractivity contribution in [2.24, 2.45) is 10.4 Å². The Balaban J connectivity index is 1.86. The van der Waals surface area contributed by atoms with Gasteiger partial charge in [-0.1, -0.05) is 13.3 Å². The summed E-state index contributed by atoms with van der Waals surface area (Å²) in [6.45, 7) is 7.92. The first-order valence-electron chi connectivity index (χ1n) is 8.72. The molecule has 4 nitrogen and oxygen atoms in total. The second-order valence-corrected chi connectivity index (χ2v) is 7.41. The molecule has 1 unspecified atom stereocenters. The van der Waals surface area contributed by atoms with Crippen LogP contribution in [0.1, 0.15) is 51.0 Å². The lowest BCUT2D eigenvalue weighted by Gasteiger charge is -2.40. The minimum Gasteiger partial charge on any atom is -0.385 e. The third-order valence-corrected chi connectivity index (χ3v) is 5.56. The molecule has 0 radical (unpaired) electrons. The van der Waals surface area contributed by atoms with Crippen LogP contribution in [0.25, 0.3) is 0 Å². The summed E-state index contributed by atoms with van der Waals surface area (Å²) in [6, 6.07) is 2.20. The van der Waals surface area contributed by atoms with Crippen molar-refractivity contribution in [3.05, 3.63) is 22.4 Å². The lowest BCUT2D eigenvalue weighted by Crippen LogP contribution is -2.41. The maximum Gasteiger partial charge on any atom is 0.191 e. The largest absolute Gasteiger partial charge is 0.385 e. The summed E-state index contributed by atoms with van der Waals surface area (Å²) in [5.74, 6) is 1.44. The summed E-state index contributed by atoms with van der Waals surface area (Å²) < 4.78 is 5.27. The van der Waals surface area contributed by atoms with Crippen molar-refractivity contribution in [1.82, 2.24) is 10.6 Å². The number of nitrogens with zero attached hydrogens (tertiary/aromatic N) is 1. The van der Waals surface area contributed by atoms with Gasteiger partial charge in [-0.3, -0.25) is 4.99 Å². The van der Waals surface area contributed by atoms with E-state index in [-0.39, 0.29) is 0 Å². The smallest absolute Gasteiger partial charge is 0.191 e. The number of guanidine groups is 1. The van der Waals surface area contributed by atoms with Crippen molar-refractivity contribution in [3.63, 3.8) is 0 Å². The Hall–Kier alpha value is -1.07. The summed E-state index contributed by atoms with van der Waals surface area (Å²) in [5.41, 5.74) is 1.77. The monoisotopic (exact) mass is 337 g/mol. The zero-order valence-electron chi connectivity index (χ0n) is 14.7. The van der Waals surface area contributed by atoms with Gasteiger partial charge in [-0.25, -0.2) is 0 Å². The predicted molar refractivity (Wildman–Crippen MR) is 99.5 cm³/mol. The zero-order valence-corrected chi connectivity index (χ0v) is 15.5. The molecule has 1 aliphatic rings. The van der Waals surface area contributed by atoms with Crippen LogP contribution < -0.4 is 10.6 Å². The average Bonchev–Trinajstić information content (AvgIpc) is 3.05. The molecule has 0 aromatic carbocycles. The first kappa shape index (κ1) is 18.3. The fourth-order valence-electron chi connectivity index (χ4n) is 2.99. The lowest BCUT2D eigenvalue weighted by atomic mass is 9.67. The van der Waals surface area contributed by atoms with Crippen molar-refractivity contribution >= 4 is 17.3 Å². The molecule has 130 valence electrons. The van der Waals surface area contributed by atoms with Crippen LogP contribution in [0.5, 0.6) is 0 Å². The van der Waals surface area contributed by atoms with E-state index >= 15 is 0 Å². The molecule has 1 aromatic rings. The zero-order chi connectivity index (χ0) is 16.5. The highest BCUT2D eigenvalue weighted by molar-refractivity contribution is 7.07. The highest BCUT2D eigenvalue weighted by Gasteiger charge is 2.36. The van der Waals surface area contributed by atoms with Crippen LogP contribution in [0.3, 0.4) is 0 Å². The van der Waals surface area contributed by atoms with Gasteiger partial charge >= 0.3 is 0 Å². The number of thiophene rings is 1. The summed E-state index contributed by atoms with van der Waals surface area (Å²) in [5, 5.41) is 11.2. The Morgan fingerprint density at radius 2 is 2.26 bits per heavy atom. The molecule has 0 bridgehead atoms. The number of methoxy groups -OCH3 is 1. The first-order chi connectivity index (χ1) is 11.2. The number of hydrogen-bond donors (Lipinski definition) is 2. The minimum atomic E-state index is 0.372. The Bertz CT molecular complexity index is 469. The van der Waals surface area contributed by atoms with E-state index in [9.17, 15) is 0 Å². The van der Waals surface area contributed by atoms with Crippen LogP contribution in [0.15, 0.2) is 21.8 Å². The molecule has 2 rings (SSSR count). The molecule has 1 heterocycles. The second kappa shape index (κ2) is 9.28. The molecule has 0 aliphatic heterocycles. The molecule has 1 aliphatic carbocycles. The van der Waals surface area contributed by atoms with Crippen molar-refractivity contribution in [2.75, 3.05) is 33.4 Å². The molecule has 1 saturated carbocycles. The Morgan fingerprint density at radius 3 is 2.83 bits per heavy atom. The topological polar surface area (TPSA) is 45.7 Å². The van der Waals surface area contributed by atoms with E-state index in [1.165, 1.54) is 24.8 Å². The van der Waals surface area contributed by atoms with Crippen LogP contribution in [0.2, 0.25) is 0 Å². The van der Waals surface area contributed by atoms with Gasteiger partial charge in [0.25, 0.3) is 0 Å². The lowest BCUT2D eigenvalue weighted by molar-refractivity contribution is 0.0778. The van der Waals surface area contributed by atoms with Crippen molar-refractivity contribution in [3.8, 4) is 0 Å². The Morgan fingerprint density at radius 1 is 1.43 bits per heavy atom. The van der Waals surface area contributed by atoms with Gasteiger partial charge in [0.1, 0.15) is 0 Å². The van der Waals surface area contributed by atoms with E-state index in [1.54, 1.807) is 18.4 Å². The van der Waals surface area contributed by atoms with Gasteiger partial charge in [-0.15, -0.1) is 0 Å². The van der Waals surface area contributed by atoms with Gasteiger partial charge in [0.05, 0.1) is 0 Å². The van der Waals surface area contributed by atoms with Crippen molar-refractivity contribution in [1.29, 1.82) is 0 Å². The van der Waals surface area contributed by atoms with E-state index in [4.69, 9.17) is 9.73 Å². The van der Waals surface area contributed by atoms with Crippen LogP contribution in [0.4, 0.5) is 0 Å². The van der Waals surface area contributed by atoms with Crippen LogP contribution in [-0.2, 0) is 4.74 Å². The maximum atomic E-state index is 5.27. The van der Waals surface area contributed by atoms with Gasteiger partial charge in [0.2, 0.25) is 0 Å². The van der Waals surface area contributed by atoms with Gasteiger partial charge < -0.3 is 15.4 Å². The standard InChI is InChI=1S/C18H31N3OS/c1-4-19-17(20-12-15(2)16-6-11-23-13-16)21-14-18(7-5-8-18)9-10-22-3/h6,11,13,15H,4-5,7-10,12,14H2,1-3H3,(H2,19,20,21). The molecule has 23 heavy (non-hydrogen) atoms. The van der Waals surface area contributed by atoms with E-state index < -0.39 is 0 Å². The number of nitrogens with one attached hydrogen (secondary N) is 2.